The molecule has 0 aliphatic rings. The molecule has 0 N–H and O–H groups in total. The van der Waals surface area contributed by atoms with Crippen molar-refractivity contribution < 1.29 is 20.6 Å². The van der Waals surface area contributed by atoms with Crippen LogP contribution >= 0.6 is 0 Å². The van der Waals surface area contributed by atoms with Gasteiger partial charge in [-0.15, -0.1) is 0 Å². The molecule has 0 rings (SSSR count). The van der Waals surface area contributed by atoms with Crippen LogP contribution < -0.4 is 0 Å². The molecule has 38 valence electrons. The maximum Gasteiger partial charge on any atom is 0.437 e. The summed E-state index contributed by atoms with van der Waals surface area (Å²) in [6.07, 6.45) is 0. The lowest BCUT2D eigenvalue weighted by Gasteiger charge is -1.78. The van der Waals surface area contributed by atoms with Crippen LogP contribution in [0, 0.1) is 0 Å². The van der Waals surface area contributed by atoms with Gasteiger partial charge in [-0.05, 0) is 0 Å². The van der Waals surface area contributed by atoms with Crippen molar-refractivity contribution in [3.63, 3.8) is 0 Å². The summed E-state index contributed by atoms with van der Waals surface area (Å²) < 4.78 is 51.2. The maximum absolute atomic E-state index is 11.3. The monoisotopic (exact) mass is 117 g/mol. The minimum Gasteiger partial charge on any atom is -0.248 e. The van der Waals surface area contributed by atoms with Crippen LogP contribution in [0.5, 0.6) is 0 Å². The highest BCUT2D eigenvalue weighted by Crippen LogP contribution is 1.85. The number of hydrogen-bond acceptors (Lipinski definition) is 3. The molecule has 0 amide bonds. The second-order valence-electron chi connectivity index (χ2n) is 0.476. The van der Waals surface area contributed by atoms with Crippen molar-refractivity contribution in [3.05, 3.63) is 0 Å². The molecule has 3 nitrogen and oxygen atoms in total. The lowest BCUT2D eigenvalue weighted by atomic mass is 11.8. The van der Waals surface area contributed by atoms with Gasteiger partial charge in [0.2, 0.25) is 0 Å². The van der Waals surface area contributed by atoms with E-state index in [9.17, 15) is 12.3 Å². The Kier molecular flexibility index (Phi) is 0.566. The van der Waals surface area contributed by atoms with Gasteiger partial charge in [0, 0.05) is 0 Å². The molecule has 5 heteroatoms. The Bertz CT molecular complexity index is 180. The second kappa shape index (κ2) is 1.53. The summed E-state index contributed by atoms with van der Waals surface area (Å²) in [5.74, 6) is 0. The summed E-state index contributed by atoms with van der Waals surface area (Å²) in [4.78, 5) is 0. The molecule has 0 aliphatic carbocycles. The fourth-order valence-corrected chi connectivity index (χ4v) is 0. The van der Waals surface area contributed by atoms with E-state index in [2.05, 4.69) is 4.18 Å². The highest BCUT2D eigenvalue weighted by molar-refractivity contribution is 7.81. The summed E-state index contributed by atoms with van der Waals surface area (Å²) in [6.45, 7) is 0. The van der Waals surface area contributed by atoms with E-state index in [1.54, 1.807) is 0 Å². The van der Waals surface area contributed by atoms with Gasteiger partial charge in [-0.25, -0.2) is 4.18 Å². The van der Waals surface area contributed by atoms with Crippen LogP contribution in [0.3, 0.4) is 0 Å². The Morgan fingerprint density at radius 2 is 2.50 bits per heavy atom. The average Bonchev–Trinajstić information content (AvgIpc) is 1.14. The predicted octanol–water partition coefficient (Wildman–Crippen LogP) is -0.153. The molecule has 0 atom stereocenters. The smallest absolute Gasteiger partial charge is 0.248 e. The largest absolute Gasteiger partial charge is 0.437 e. The topological polar surface area (TPSA) is 43.4 Å². The van der Waals surface area contributed by atoms with Crippen LogP contribution in [0.4, 0.5) is 3.89 Å². The standard InChI is InChI=1S/CH3FO3S/c1-5-6(2,3)4/h1H3/i1D3. The van der Waals surface area contributed by atoms with Crippen molar-refractivity contribution in [2.45, 2.75) is 0 Å². The molecule has 0 aromatic carbocycles. The molecule has 0 aromatic rings. The molecule has 0 aliphatic heterocycles. The van der Waals surface area contributed by atoms with Gasteiger partial charge in [0.15, 0.2) is 0 Å². The molecule has 0 saturated heterocycles. The first-order valence-corrected chi connectivity index (χ1v) is 2.17. The zero-order valence-corrected chi connectivity index (χ0v) is 3.33. The third-order valence-electron chi connectivity index (χ3n) is 0.0995. The van der Waals surface area contributed by atoms with E-state index < -0.39 is 17.5 Å². The van der Waals surface area contributed by atoms with E-state index in [-0.39, 0.29) is 0 Å². The summed E-state index contributed by atoms with van der Waals surface area (Å²) in [5.41, 5.74) is 0. The third-order valence-corrected chi connectivity index (χ3v) is 0.299. The molecule has 0 bridgehead atoms. The molecule has 0 saturated carbocycles. The van der Waals surface area contributed by atoms with Crippen molar-refractivity contribution in [1.29, 1.82) is 0 Å². The Morgan fingerprint density at radius 3 is 2.50 bits per heavy atom. The molecule has 0 spiro atoms. The molecule has 0 aromatic heterocycles. The molecule has 0 unspecified atom stereocenters. The van der Waals surface area contributed by atoms with E-state index in [1.807, 2.05) is 0 Å². The molecule has 0 radical (unpaired) electrons. The van der Waals surface area contributed by atoms with E-state index >= 15 is 0 Å². The van der Waals surface area contributed by atoms with Gasteiger partial charge < -0.3 is 0 Å². The second-order valence-corrected chi connectivity index (χ2v) is 1.43. The van der Waals surface area contributed by atoms with Crippen LogP contribution in [0.1, 0.15) is 4.11 Å². The number of hydrogen-bond donors (Lipinski definition) is 0. The van der Waals surface area contributed by atoms with Crippen molar-refractivity contribution >= 4 is 10.5 Å². The summed E-state index contributed by atoms with van der Waals surface area (Å²) >= 11 is 0. The van der Waals surface area contributed by atoms with Gasteiger partial charge in [0.25, 0.3) is 0 Å². The zero-order chi connectivity index (χ0) is 7.71. The first-order chi connectivity index (χ1) is 3.71. The fourth-order valence-electron chi connectivity index (χ4n) is 0. The SMILES string of the molecule is [2H]C([2H])([2H])OS(=O)(=O)F. The van der Waals surface area contributed by atoms with Crippen LogP contribution in [0.25, 0.3) is 0 Å². The first kappa shape index (κ1) is 2.23. The molecule has 6 heavy (non-hydrogen) atoms. The average molecular weight is 117 g/mol. The lowest BCUT2D eigenvalue weighted by Crippen LogP contribution is -1.89. The predicted molar refractivity (Wildman–Crippen MR) is 17.0 cm³/mol. The van der Waals surface area contributed by atoms with Gasteiger partial charge in [0.1, 0.15) is 0 Å². The molecule has 0 fully saturated rings. The Labute approximate surface area is 39.4 Å². The molecular formula is CH3FO3S. The van der Waals surface area contributed by atoms with Crippen molar-refractivity contribution in [3.8, 4) is 0 Å². The van der Waals surface area contributed by atoms with Crippen molar-refractivity contribution in [2.24, 2.45) is 0 Å². The van der Waals surface area contributed by atoms with E-state index in [1.165, 1.54) is 0 Å². The lowest BCUT2D eigenvalue weighted by molar-refractivity contribution is 0.362. The van der Waals surface area contributed by atoms with Crippen LogP contribution in [-0.4, -0.2) is 15.5 Å². The quantitative estimate of drug-likeness (QED) is 0.448. The molecule has 0 heterocycles. The van der Waals surface area contributed by atoms with Crippen molar-refractivity contribution in [1.82, 2.24) is 0 Å². The first-order valence-electron chi connectivity index (χ1n) is 2.36. The van der Waals surface area contributed by atoms with Crippen molar-refractivity contribution in [2.75, 3.05) is 7.04 Å². The minimum atomic E-state index is -5.34. The maximum atomic E-state index is 11.3. The summed E-state index contributed by atoms with van der Waals surface area (Å²) in [5, 5.41) is 0. The van der Waals surface area contributed by atoms with Gasteiger partial charge in [-0.3, -0.25) is 0 Å². The van der Waals surface area contributed by atoms with E-state index in [0.29, 0.717) is 0 Å². The van der Waals surface area contributed by atoms with Crippen LogP contribution in [-0.2, 0) is 14.7 Å². The van der Waals surface area contributed by atoms with Gasteiger partial charge in [-0.1, -0.05) is 3.89 Å². The van der Waals surface area contributed by atoms with Crippen LogP contribution in [0.15, 0.2) is 0 Å². The Balaban J connectivity index is 4.07. The highest BCUT2D eigenvalue weighted by Gasteiger charge is 1.98. The van der Waals surface area contributed by atoms with E-state index in [4.69, 9.17) is 4.11 Å². The van der Waals surface area contributed by atoms with Gasteiger partial charge in [-0.2, -0.15) is 8.42 Å². The number of halogens is 1. The van der Waals surface area contributed by atoms with Gasteiger partial charge >= 0.3 is 10.5 Å². The normalized spacial score (nSPS) is 21.2. The Hall–Kier alpha value is -0.160. The fraction of sp³-hybridized carbons (Fsp3) is 1.00. The summed E-state index contributed by atoms with van der Waals surface area (Å²) in [6, 6.07) is 0. The van der Waals surface area contributed by atoms with Crippen LogP contribution in [0.2, 0.25) is 0 Å². The summed E-state index contributed by atoms with van der Waals surface area (Å²) in [7, 11) is -8.57. The number of rotatable bonds is 1. The molecular weight excluding hydrogens is 111 g/mol. The Morgan fingerprint density at radius 1 is 2.00 bits per heavy atom. The highest BCUT2D eigenvalue weighted by atomic mass is 32.3. The zero-order valence-electron chi connectivity index (χ0n) is 5.51. The minimum absolute atomic E-state index is 2.93. The third kappa shape index (κ3) is 3.84. The van der Waals surface area contributed by atoms with E-state index in [0.717, 1.165) is 0 Å². The van der Waals surface area contributed by atoms with Gasteiger partial charge in [0.05, 0.1) is 11.2 Å².